The van der Waals surface area contributed by atoms with E-state index in [0.29, 0.717) is 25.7 Å². The molecule has 0 spiro atoms. The van der Waals surface area contributed by atoms with Crippen LogP contribution in [-0.4, -0.2) is 96.7 Å². The highest BCUT2D eigenvalue weighted by atomic mass is 31.2. The number of phosphoric acid groups is 2. The average molecular weight is 1350 g/mol. The Hall–Kier alpha value is -1.94. The molecule has 0 saturated carbocycles. The Bertz CT molecular complexity index is 1790. The van der Waals surface area contributed by atoms with Gasteiger partial charge in [0, 0.05) is 25.7 Å². The second-order valence-corrected chi connectivity index (χ2v) is 30.2. The van der Waals surface area contributed by atoms with Gasteiger partial charge >= 0.3 is 39.5 Å². The summed E-state index contributed by atoms with van der Waals surface area (Å²) in [4.78, 5) is 72.4. The van der Waals surface area contributed by atoms with Gasteiger partial charge in [0.1, 0.15) is 19.3 Å². The van der Waals surface area contributed by atoms with E-state index < -0.39 is 97.5 Å². The number of esters is 4. The zero-order chi connectivity index (χ0) is 67.9. The van der Waals surface area contributed by atoms with E-state index >= 15 is 0 Å². The van der Waals surface area contributed by atoms with E-state index in [0.717, 1.165) is 108 Å². The summed E-state index contributed by atoms with van der Waals surface area (Å²) < 4.78 is 68.2. The summed E-state index contributed by atoms with van der Waals surface area (Å²) >= 11 is 0. The Morgan fingerprint density at radius 1 is 0.293 bits per heavy atom. The number of aliphatic hydroxyl groups is 1. The first-order valence-corrected chi connectivity index (χ1v) is 41.0. The van der Waals surface area contributed by atoms with Crippen LogP contribution in [0.3, 0.4) is 0 Å². The van der Waals surface area contributed by atoms with Gasteiger partial charge in [0.15, 0.2) is 12.2 Å². The number of hydrogen-bond acceptors (Lipinski definition) is 15. The zero-order valence-corrected chi connectivity index (χ0v) is 61.6. The maximum atomic E-state index is 13.0. The van der Waals surface area contributed by atoms with Crippen molar-refractivity contribution in [1.82, 2.24) is 0 Å². The Balaban J connectivity index is 5.15. The van der Waals surface area contributed by atoms with Crippen LogP contribution >= 0.6 is 15.6 Å². The monoisotopic (exact) mass is 1350 g/mol. The van der Waals surface area contributed by atoms with E-state index in [1.165, 1.54) is 186 Å². The van der Waals surface area contributed by atoms with Gasteiger partial charge in [-0.15, -0.1) is 0 Å². The molecule has 0 aliphatic heterocycles. The SMILES string of the molecule is CCCCCCCCCCCCCCCCCCCCC(=O)O[C@H](COC(=O)CCCCCCCCCCCCCCC(C)C)COP(=O)(O)OC[C@@H](O)COP(=O)(O)OC[C@@H](COC(=O)CCCCCCC)OC(=O)CCCCCCCCCCCCCC(C)C. The Morgan fingerprint density at radius 2 is 0.500 bits per heavy atom. The van der Waals surface area contributed by atoms with Crippen LogP contribution in [0.25, 0.3) is 0 Å². The maximum Gasteiger partial charge on any atom is 0.472 e. The first-order chi connectivity index (χ1) is 44.4. The van der Waals surface area contributed by atoms with Crippen LogP contribution in [0.15, 0.2) is 0 Å². The van der Waals surface area contributed by atoms with Gasteiger partial charge in [0.05, 0.1) is 26.4 Å². The van der Waals surface area contributed by atoms with Crippen molar-refractivity contribution in [1.29, 1.82) is 0 Å². The molecule has 19 heteroatoms. The van der Waals surface area contributed by atoms with Crippen molar-refractivity contribution in [3.05, 3.63) is 0 Å². The van der Waals surface area contributed by atoms with E-state index in [1.807, 2.05) is 0 Å². The predicted molar refractivity (Wildman–Crippen MR) is 372 cm³/mol. The molecule has 0 aliphatic rings. The van der Waals surface area contributed by atoms with Crippen molar-refractivity contribution in [3.63, 3.8) is 0 Å². The fraction of sp³-hybridized carbons (Fsp3) is 0.945. The average Bonchev–Trinajstić information content (AvgIpc) is 1.47. The number of carbonyl (C=O) groups excluding carboxylic acids is 4. The summed E-state index contributed by atoms with van der Waals surface area (Å²) in [6, 6.07) is 0. The first kappa shape index (κ1) is 90.1. The van der Waals surface area contributed by atoms with Gasteiger partial charge in [-0.1, -0.05) is 324 Å². The quantitative estimate of drug-likeness (QED) is 0.0222. The minimum Gasteiger partial charge on any atom is -0.462 e. The van der Waals surface area contributed by atoms with Gasteiger partial charge in [-0.3, -0.25) is 37.3 Å². The maximum absolute atomic E-state index is 13.0. The summed E-state index contributed by atoms with van der Waals surface area (Å²) in [5, 5.41) is 10.6. The molecule has 5 atom stereocenters. The largest absolute Gasteiger partial charge is 0.472 e. The third-order valence-corrected chi connectivity index (χ3v) is 18.9. The normalized spacial score (nSPS) is 14.1. The van der Waals surface area contributed by atoms with Crippen molar-refractivity contribution in [2.24, 2.45) is 11.8 Å². The zero-order valence-electron chi connectivity index (χ0n) is 59.9. The number of ether oxygens (including phenoxy) is 4. The van der Waals surface area contributed by atoms with E-state index in [2.05, 4.69) is 41.5 Å². The lowest BCUT2D eigenvalue weighted by Crippen LogP contribution is -2.30. The lowest BCUT2D eigenvalue weighted by molar-refractivity contribution is -0.161. The molecule has 3 N–H and O–H groups in total. The number of unbranched alkanes of at least 4 members (excludes halogenated alkanes) is 42. The smallest absolute Gasteiger partial charge is 0.462 e. The molecule has 92 heavy (non-hydrogen) atoms. The van der Waals surface area contributed by atoms with Crippen molar-refractivity contribution < 1.29 is 80.2 Å². The van der Waals surface area contributed by atoms with Gasteiger partial charge in [-0.2, -0.15) is 0 Å². The molecule has 546 valence electrons. The standard InChI is InChI=1S/C73H142O17P2/c1-7-9-11-13-14-15-16-17-18-19-20-21-22-29-34-39-45-51-57-73(78)90-69(62-84-71(76)56-50-44-38-33-28-24-23-26-31-36-42-47-53-65(3)4)64-88-92(81,82)86-60-67(74)59-85-91(79,80)87-63-68(61-83-70(75)55-49-41-12-10-8-2)89-72(77)58-52-46-40-35-30-25-27-32-37-43-48-54-66(5)6/h65-69,74H,7-64H2,1-6H3,(H,79,80)(H,81,82)/t67-,68+,69+/m0/s1. The molecule has 0 radical (unpaired) electrons. The molecule has 0 saturated heterocycles. The summed E-state index contributed by atoms with van der Waals surface area (Å²) in [5.74, 6) is -0.583. The summed E-state index contributed by atoms with van der Waals surface area (Å²) in [6.07, 6.45) is 51.7. The van der Waals surface area contributed by atoms with Crippen LogP contribution in [-0.2, 0) is 65.4 Å². The van der Waals surface area contributed by atoms with Crippen molar-refractivity contribution in [3.8, 4) is 0 Å². The Morgan fingerprint density at radius 3 is 0.739 bits per heavy atom. The highest BCUT2D eigenvalue weighted by molar-refractivity contribution is 7.47. The topological polar surface area (TPSA) is 237 Å². The van der Waals surface area contributed by atoms with Gasteiger partial charge < -0.3 is 33.8 Å². The van der Waals surface area contributed by atoms with E-state index in [1.54, 1.807) is 0 Å². The highest BCUT2D eigenvalue weighted by Crippen LogP contribution is 2.45. The van der Waals surface area contributed by atoms with Crippen LogP contribution in [0.4, 0.5) is 0 Å². The Labute approximate surface area is 562 Å². The number of aliphatic hydroxyl groups excluding tert-OH is 1. The molecule has 17 nitrogen and oxygen atoms in total. The molecule has 0 heterocycles. The van der Waals surface area contributed by atoms with E-state index in [9.17, 15) is 43.2 Å². The van der Waals surface area contributed by atoms with Gasteiger partial charge in [-0.25, -0.2) is 9.13 Å². The fourth-order valence-electron chi connectivity index (χ4n) is 11.1. The van der Waals surface area contributed by atoms with Crippen LogP contribution < -0.4 is 0 Å². The second kappa shape index (κ2) is 65.0. The molecule has 0 fully saturated rings. The molecule has 0 aromatic carbocycles. The molecule has 0 bridgehead atoms. The fourth-order valence-corrected chi connectivity index (χ4v) is 12.7. The van der Waals surface area contributed by atoms with Crippen molar-refractivity contribution in [2.75, 3.05) is 39.6 Å². The molecular weight excluding hydrogens is 1210 g/mol. The number of hydrogen-bond donors (Lipinski definition) is 3. The number of carbonyl (C=O) groups is 4. The molecule has 0 rings (SSSR count). The summed E-state index contributed by atoms with van der Waals surface area (Å²) in [5.41, 5.74) is 0. The molecule has 0 amide bonds. The van der Waals surface area contributed by atoms with Crippen molar-refractivity contribution in [2.45, 2.75) is 394 Å². The third kappa shape index (κ3) is 66.7. The molecule has 2 unspecified atom stereocenters. The third-order valence-electron chi connectivity index (χ3n) is 17.0. The van der Waals surface area contributed by atoms with Crippen LogP contribution in [0.2, 0.25) is 0 Å². The van der Waals surface area contributed by atoms with E-state index in [-0.39, 0.29) is 25.7 Å². The number of rotatable bonds is 72. The second-order valence-electron chi connectivity index (χ2n) is 27.3. The summed E-state index contributed by atoms with van der Waals surface area (Å²) in [7, 11) is -9.90. The minimum absolute atomic E-state index is 0.106. The summed E-state index contributed by atoms with van der Waals surface area (Å²) in [6.45, 7) is 9.50. The predicted octanol–water partition coefficient (Wildman–Crippen LogP) is 21.2. The highest BCUT2D eigenvalue weighted by Gasteiger charge is 2.30. The van der Waals surface area contributed by atoms with E-state index in [4.69, 9.17) is 37.0 Å². The lowest BCUT2D eigenvalue weighted by atomic mass is 10.0. The van der Waals surface area contributed by atoms with Crippen LogP contribution in [0.5, 0.6) is 0 Å². The molecule has 0 aliphatic carbocycles. The van der Waals surface area contributed by atoms with Gasteiger partial charge in [0.25, 0.3) is 0 Å². The van der Waals surface area contributed by atoms with Crippen LogP contribution in [0.1, 0.15) is 375 Å². The van der Waals surface area contributed by atoms with Gasteiger partial charge in [0.2, 0.25) is 0 Å². The van der Waals surface area contributed by atoms with Crippen molar-refractivity contribution >= 4 is 39.5 Å². The number of phosphoric ester groups is 2. The lowest BCUT2D eigenvalue weighted by Gasteiger charge is -2.21. The molecular formula is C73H142O17P2. The first-order valence-electron chi connectivity index (χ1n) is 38.0. The molecule has 0 aromatic rings. The molecule has 0 aromatic heterocycles. The Kier molecular flexibility index (Phi) is 63.7. The van der Waals surface area contributed by atoms with Crippen LogP contribution in [0, 0.1) is 11.8 Å². The van der Waals surface area contributed by atoms with Gasteiger partial charge in [-0.05, 0) is 37.5 Å². The minimum atomic E-state index is -4.95.